The van der Waals surface area contributed by atoms with Crippen molar-refractivity contribution in [1.82, 2.24) is 9.80 Å². The van der Waals surface area contributed by atoms with Gasteiger partial charge >= 0.3 is 6.18 Å². The standard InChI is InChI=1S/C26H25ClF3N3O/c27-21-12-10-20(11-13-21)25(19-6-2-1-3-7-19)33-16-14-32(15-17-33)18-24(34)31-23-9-5-4-8-22(23)26(28,29)30/h1-13,25H,14-18H2,(H,31,34). The molecule has 1 heterocycles. The number of benzene rings is 3. The fourth-order valence-corrected chi connectivity index (χ4v) is 4.43. The maximum Gasteiger partial charge on any atom is 0.418 e. The summed E-state index contributed by atoms with van der Waals surface area (Å²) >= 11 is 6.09. The van der Waals surface area contributed by atoms with Crippen LogP contribution in [0, 0.1) is 0 Å². The molecule has 1 aliphatic heterocycles. The maximum absolute atomic E-state index is 13.2. The summed E-state index contributed by atoms with van der Waals surface area (Å²) in [6, 6.07) is 23.1. The number of carbonyl (C=O) groups excluding carboxylic acids is 1. The summed E-state index contributed by atoms with van der Waals surface area (Å²) in [6.07, 6.45) is -4.52. The van der Waals surface area contributed by atoms with E-state index < -0.39 is 17.6 Å². The zero-order valence-corrected chi connectivity index (χ0v) is 19.2. The summed E-state index contributed by atoms with van der Waals surface area (Å²) in [6.45, 7) is 2.73. The Morgan fingerprint density at radius 1 is 0.853 bits per heavy atom. The first-order valence-electron chi connectivity index (χ1n) is 11.0. The van der Waals surface area contributed by atoms with Crippen molar-refractivity contribution in [2.75, 3.05) is 38.0 Å². The third kappa shape index (κ3) is 5.97. The lowest BCUT2D eigenvalue weighted by atomic mass is 9.96. The largest absolute Gasteiger partial charge is 0.418 e. The monoisotopic (exact) mass is 487 g/mol. The van der Waals surface area contributed by atoms with Crippen LogP contribution in [0.2, 0.25) is 5.02 Å². The highest BCUT2D eigenvalue weighted by molar-refractivity contribution is 6.30. The Kier molecular flexibility index (Phi) is 7.56. The number of hydrogen-bond acceptors (Lipinski definition) is 3. The second-order valence-corrected chi connectivity index (χ2v) is 8.70. The van der Waals surface area contributed by atoms with E-state index in [4.69, 9.17) is 11.6 Å². The van der Waals surface area contributed by atoms with E-state index in [0.29, 0.717) is 31.2 Å². The van der Waals surface area contributed by atoms with Crippen LogP contribution in [0.1, 0.15) is 22.7 Å². The molecule has 0 aliphatic carbocycles. The van der Waals surface area contributed by atoms with Gasteiger partial charge in [0.25, 0.3) is 0 Å². The van der Waals surface area contributed by atoms with E-state index in [1.54, 1.807) is 0 Å². The lowest BCUT2D eigenvalue weighted by Gasteiger charge is -2.39. The molecule has 34 heavy (non-hydrogen) atoms. The van der Waals surface area contributed by atoms with Gasteiger partial charge in [-0.05, 0) is 35.4 Å². The molecular formula is C26H25ClF3N3O. The Labute approximate surface area is 201 Å². The number of piperazine rings is 1. The Morgan fingerprint density at radius 2 is 1.44 bits per heavy atom. The molecule has 0 saturated carbocycles. The van der Waals surface area contributed by atoms with Crippen LogP contribution in [-0.4, -0.2) is 48.4 Å². The smallest absolute Gasteiger partial charge is 0.324 e. The number of rotatable bonds is 6. The number of amides is 1. The van der Waals surface area contributed by atoms with Crippen LogP contribution in [0.15, 0.2) is 78.9 Å². The Morgan fingerprint density at radius 3 is 2.09 bits per heavy atom. The van der Waals surface area contributed by atoms with Gasteiger partial charge in [-0.2, -0.15) is 13.2 Å². The van der Waals surface area contributed by atoms with Gasteiger partial charge in [-0.25, -0.2) is 0 Å². The zero-order valence-electron chi connectivity index (χ0n) is 18.4. The quantitative estimate of drug-likeness (QED) is 0.484. The van der Waals surface area contributed by atoms with Gasteiger partial charge < -0.3 is 5.32 Å². The highest BCUT2D eigenvalue weighted by Crippen LogP contribution is 2.34. The van der Waals surface area contributed by atoms with Crippen molar-refractivity contribution in [3.05, 3.63) is 101 Å². The Hall–Kier alpha value is -2.87. The highest BCUT2D eigenvalue weighted by Gasteiger charge is 2.34. The number of anilines is 1. The van der Waals surface area contributed by atoms with Gasteiger partial charge in [-0.1, -0.05) is 66.2 Å². The van der Waals surface area contributed by atoms with Crippen molar-refractivity contribution in [1.29, 1.82) is 0 Å². The summed E-state index contributed by atoms with van der Waals surface area (Å²) in [5.41, 5.74) is 1.23. The van der Waals surface area contributed by atoms with Crippen LogP contribution in [0.3, 0.4) is 0 Å². The molecule has 3 aromatic rings. The van der Waals surface area contributed by atoms with E-state index in [2.05, 4.69) is 22.3 Å². The lowest BCUT2D eigenvalue weighted by Crippen LogP contribution is -2.49. The van der Waals surface area contributed by atoms with Crippen LogP contribution < -0.4 is 5.32 Å². The molecule has 1 atom stereocenters. The molecule has 3 aromatic carbocycles. The maximum atomic E-state index is 13.2. The summed E-state index contributed by atoms with van der Waals surface area (Å²) in [4.78, 5) is 16.8. The molecule has 1 unspecified atom stereocenters. The number of carbonyl (C=O) groups is 1. The minimum atomic E-state index is -4.52. The number of para-hydroxylation sites is 1. The van der Waals surface area contributed by atoms with Gasteiger partial charge in [0.1, 0.15) is 0 Å². The molecule has 1 saturated heterocycles. The van der Waals surface area contributed by atoms with Crippen LogP contribution in [0.4, 0.5) is 18.9 Å². The fraction of sp³-hybridized carbons (Fsp3) is 0.269. The molecular weight excluding hydrogens is 463 g/mol. The molecule has 0 radical (unpaired) electrons. The molecule has 1 aliphatic rings. The summed E-state index contributed by atoms with van der Waals surface area (Å²) in [7, 11) is 0. The zero-order chi connectivity index (χ0) is 24.1. The summed E-state index contributed by atoms with van der Waals surface area (Å²) in [5.74, 6) is -0.456. The molecule has 178 valence electrons. The molecule has 1 amide bonds. The average molecular weight is 488 g/mol. The van der Waals surface area contributed by atoms with E-state index in [0.717, 1.165) is 11.6 Å². The van der Waals surface area contributed by atoms with E-state index in [1.807, 2.05) is 47.4 Å². The Bertz CT molecular complexity index is 1100. The van der Waals surface area contributed by atoms with Crippen molar-refractivity contribution >= 4 is 23.2 Å². The lowest BCUT2D eigenvalue weighted by molar-refractivity contribution is -0.137. The van der Waals surface area contributed by atoms with E-state index in [1.165, 1.54) is 23.8 Å². The van der Waals surface area contributed by atoms with Crippen LogP contribution in [-0.2, 0) is 11.0 Å². The Balaban J connectivity index is 1.40. The van der Waals surface area contributed by atoms with E-state index in [9.17, 15) is 18.0 Å². The van der Waals surface area contributed by atoms with Crippen molar-refractivity contribution < 1.29 is 18.0 Å². The number of hydrogen-bond donors (Lipinski definition) is 1. The summed E-state index contributed by atoms with van der Waals surface area (Å²) < 4.78 is 39.6. The number of nitrogens with zero attached hydrogens (tertiary/aromatic N) is 2. The van der Waals surface area contributed by atoms with Gasteiger partial charge in [-0.15, -0.1) is 0 Å². The molecule has 1 fully saturated rings. The molecule has 0 spiro atoms. The first-order valence-corrected chi connectivity index (χ1v) is 11.4. The van der Waals surface area contributed by atoms with E-state index in [-0.39, 0.29) is 18.3 Å². The van der Waals surface area contributed by atoms with Crippen molar-refractivity contribution in [2.24, 2.45) is 0 Å². The van der Waals surface area contributed by atoms with Gasteiger partial charge in [0.2, 0.25) is 5.91 Å². The average Bonchev–Trinajstić information content (AvgIpc) is 2.82. The number of alkyl halides is 3. The van der Waals surface area contributed by atoms with Crippen LogP contribution in [0.5, 0.6) is 0 Å². The minimum Gasteiger partial charge on any atom is -0.324 e. The highest BCUT2D eigenvalue weighted by atomic mass is 35.5. The number of halogens is 4. The van der Waals surface area contributed by atoms with Gasteiger partial charge in [0.05, 0.1) is 23.8 Å². The first-order chi connectivity index (χ1) is 16.3. The fourth-order valence-electron chi connectivity index (χ4n) is 4.31. The van der Waals surface area contributed by atoms with E-state index >= 15 is 0 Å². The third-order valence-electron chi connectivity index (χ3n) is 5.95. The SMILES string of the molecule is O=C(CN1CCN(C(c2ccccc2)c2ccc(Cl)cc2)CC1)Nc1ccccc1C(F)(F)F. The van der Waals surface area contributed by atoms with Gasteiger partial charge in [0, 0.05) is 31.2 Å². The topological polar surface area (TPSA) is 35.6 Å². The molecule has 8 heteroatoms. The minimum absolute atomic E-state index is 0.0387. The molecule has 0 bridgehead atoms. The van der Waals surface area contributed by atoms with Crippen LogP contribution >= 0.6 is 11.6 Å². The first kappa shape index (κ1) is 24.3. The van der Waals surface area contributed by atoms with Gasteiger partial charge in [0.15, 0.2) is 0 Å². The van der Waals surface area contributed by atoms with Crippen molar-refractivity contribution in [3.63, 3.8) is 0 Å². The normalized spacial score (nSPS) is 16.2. The van der Waals surface area contributed by atoms with Crippen molar-refractivity contribution in [2.45, 2.75) is 12.2 Å². The number of nitrogens with one attached hydrogen (secondary N) is 1. The third-order valence-corrected chi connectivity index (χ3v) is 6.20. The van der Waals surface area contributed by atoms with Crippen molar-refractivity contribution in [3.8, 4) is 0 Å². The molecule has 0 aromatic heterocycles. The van der Waals surface area contributed by atoms with Crippen LogP contribution in [0.25, 0.3) is 0 Å². The summed E-state index contributed by atoms with van der Waals surface area (Å²) in [5, 5.41) is 3.11. The second-order valence-electron chi connectivity index (χ2n) is 8.27. The predicted molar refractivity (Wildman–Crippen MR) is 128 cm³/mol. The predicted octanol–water partition coefficient (Wildman–Crippen LogP) is 5.70. The molecule has 1 N–H and O–H groups in total. The van der Waals surface area contributed by atoms with Gasteiger partial charge in [-0.3, -0.25) is 14.6 Å². The molecule has 4 rings (SSSR count). The molecule has 4 nitrogen and oxygen atoms in total. The second kappa shape index (κ2) is 10.6.